The summed E-state index contributed by atoms with van der Waals surface area (Å²) in [7, 11) is 1.59. The Labute approximate surface area is 173 Å². The van der Waals surface area contributed by atoms with Gasteiger partial charge in [0.05, 0.1) is 41.7 Å². The second-order valence-electron chi connectivity index (χ2n) is 7.05. The molecule has 0 aliphatic carbocycles. The number of primary amides is 1. The molecule has 154 valence electrons. The fourth-order valence-corrected chi connectivity index (χ4v) is 3.58. The zero-order valence-corrected chi connectivity index (χ0v) is 17.2. The van der Waals surface area contributed by atoms with Gasteiger partial charge in [0.25, 0.3) is 5.91 Å². The highest BCUT2D eigenvalue weighted by molar-refractivity contribution is 6.07. The molecule has 1 amide bonds. The van der Waals surface area contributed by atoms with E-state index in [2.05, 4.69) is 15.5 Å². The van der Waals surface area contributed by atoms with Crippen LogP contribution in [0.2, 0.25) is 0 Å². The summed E-state index contributed by atoms with van der Waals surface area (Å²) in [4.78, 5) is 16.5. The summed E-state index contributed by atoms with van der Waals surface area (Å²) in [5, 5.41) is 8.02. The van der Waals surface area contributed by atoms with Gasteiger partial charge in [-0.25, -0.2) is 0 Å². The molecule has 0 atom stereocenters. The van der Waals surface area contributed by atoms with Gasteiger partial charge in [-0.2, -0.15) is 0 Å². The van der Waals surface area contributed by atoms with E-state index in [1.165, 1.54) is 6.20 Å². The average molecular weight is 406 g/mol. The number of nitrogens with two attached hydrogens (primary N) is 1. The zero-order chi connectivity index (χ0) is 21.4. The molecule has 0 fully saturated rings. The number of nitrogens with one attached hydrogen (secondary N) is 1. The van der Waals surface area contributed by atoms with Gasteiger partial charge in [0.2, 0.25) is 0 Å². The molecule has 4 aromatic rings. The molecule has 0 aliphatic rings. The van der Waals surface area contributed by atoms with Crippen molar-refractivity contribution < 1.29 is 18.5 Å². The average Bonchev–Trinajstić information content (AvgIpc) is 3.29. The highest BCUT2D eigenvalue weighted by atomic mass is 16.5. The quantitative estimate of drug-likeness (QED) is 0.494. The first-order valence-corrected chi connectivity index (χ1v) is 9.42. The van der Waals surface area contributed by atoms with E-state index >= 15 is 0 Å². The smallest absolute Gasteiger partial charge is 0.252 e. The normalized spacial score (nSPS) is 11.1. The van der Waals surface area contributed by atoms with Gasteiger partial charge in [-0.3, -0.25) is 9.78 Å². The van der Waals surface area contributed by atoms with Crippen LogP contribution < -0.4 is 15.8 Å². The molecule has 3 aromatic heterocycles. The van der Waals surface area contributed by atoms with Crippen LogP contribution in [-0.2, 0) is 6.54 Å². The molecule has 0 saturated carbocycles. The Morgan fingerprint density at radius 1 is 1.23 bits per heavy atom. The minimum Gasteiger partial charge on any atom is -0.496 e. The number of anilines is 1. The molecule has 30 heavy (non-hydrogen) atoms. The van der Waals surface area contributed by atoms with Crippen molar-refractivity contribution in [1.82, 2.24) is 10.1 Å². The molecule has 0 aliphatic heterocycles. The van der Waals surface area contributed by atoms with Crippen LogP contribution in [0, 0.1) is 20.8 Å². The van der Waals surface area contributed by atoms with Gasteiger partial charge >= 0.3 is 0 Å². The predicted octanol–water partition coefficient (Wildman–Crippen LogP) is 4.13. The molecule has 0 unspecified atom stereocenters. The summed E-state index contributed by atoms with van der Waals surface area (Å²) in [6.07, 6.45) is 1.48. The lowest BCUT2D eigenvalue weighted by Gasteiger charge is -2.15. The number of hydrogen-bond acceptors (Lipinski definition) is 7. The van der Waals surface area contributed by atoms with E-state index in [1.54, 1.807) is 7.11 Å². The Bertz CT molecular complexity index is 1240. The van der Waals surface area contributed by atoms with Crippen molar-refractivity contribution in [3.63, 3.8) is 0 Å². The number of carbonyl (C=O) groups excluding carboxylic acids is 1. The van der Waals surface area contributed by atoms with E-state index in [4.69, 9.17) is 19.4 Å². The van der Waals surface area contributed by atoms with E-state index in [9.17, 15) is 4.79 Å². The van der Waals surface area contributed by atoms with Crippen molar-refractivity contribution in [3.05, 3.63) is 59.0 Å². The number of carbonyl (C=O) groups is 1. The maximum Gasteiger partial charge on any atom is 0.252 e. The second kappa shape index (κ2) is 7.55. The Morgan fingerprint density at radius 2 is 2.03 bits per heavy atom. The lowest BCUT2D eigenvalue weighted by Crippen LogP contribution is -2.15. The van der Waals surface area contributed by atoms with Gasteiger partial charge in [0.15, 0.2) is 0 Å². The molecule has 1 aromatic carbocycles. The molecular weight excluding hydrogens is 384 g/mol. The lowest BCUT2D eigenvalue weighted by atomic mass is 9.99. The van der Waals surface area contributed by atoms with Crippen LogP contribution in [-0.4, -0.2) is 23.2 Å². The van der Waals surface area contributed by atoms with Crippen molar-refractivity contribution in [2.45, 2.75) is 27.3 Å². The minimum absolute atomic E-state index is 0.290. The van der Waals surface area contributed by atoms with Crippen LogP contribution in [0.15, 0.2) is 39.4 Å². The van der Waals surface area contributed by atoms with E-state index in [1.807, 2.05) is 45.0 Å². The van der Waals surface area contributed by atoms with Crippen molar-refractivity contribution in [2.24, 2.45) is 5.73 Å². The molecule has 8 nitrogen and oxygen atoms in total. The number of fused-ring (bicyclic) bond motifs is 1. The van der Waals surface area contributed by atoms with E-state index < -0.39 is 5.91 Å². The number of pyridine rings is 1. The molecular formula is C22H22N4O4. The summed E-state index contributed by atoms with van der Waals surface area (Å²) in [6.45, 7) is 5.99. The number of rotatable bonds is 6. The molecule has 0 spiro atoms. The van der Waals surface area contributed by atoms with Crippen LogP contribution in [0.25, 0.3) is 22.0 Å². The fourth-order valence-electron chi connectivity index (χ4n) is 3.58. The number of amides is 1. The van der Waals surface area contributed by atoms with Crippen molar-refractivity contribution >= 4 is 22.5 Å². The maximum absolute atomic E-state index is 12.0. The van der Waals surface area contributed by atoms with Gasteiger partial charge in [-0.05, 0) is 45.0 Å². The minimum atomic E-state index is -0.573. The SMILES string of the molecule is COc1cc2c(NCc3ccc(C)o3)c(C(N)=O)cnc2cc1-c1c(C)noc1C. The van der Waals surface area contributed by atoms with Crippen LogP contribution in [0.5, 0.6) is 5.75 Å². The van der Waals surface area contributed by atoms with Gasteiger partial charge in [-0.1, -0.05) is 5.16 Å². The summed E-state index contributed by atoms with van der Waals surface area (Å²) in [5.74, 6) is 2.28. The van der Waals surface area contributed by atoms with Gasteiger partial charge < -0.3 is 24.7 Å². The van der Waals surface area contributed by atoms with E-state index in [-0.39, 0.29) is 5.56 Å². The predicted molar refractivity (Wildman–Crippen MR) is 113 cm³/mol. The summed E-state index contributed by atoms with van der Waals surface area (Å²) < 4.78 is 16.6. The Kier molecular flexibility index (Phi) is 4.91. The van der Waals surface area contributed by atoms with Crippen LogP contribution in [0.3, 0.4) is 0 Å². The third-order valence-electron chi connectivity index (χ3n) is 4.99. The van der Waals surface area contributed by atoms with E-state index in [0.29, 0.717) is 34.6 Å². The molecule has 0 saturated heterocycles. The summed E-state index contributed by atoms with van der Waals surface area (Å²) in [6, 6.07) is 7.50. The number of aromatic nitrogens is 2. The number of aryl methyl sites for hydroxylation is 3. The maximum atomic E-state index is 12.0. The third-order valence-corrected chi connectivity index (χ3v) is 4.99. The monoisotopic (exact) mass is 406 g/mol. The Balaban J connectivity index is 1.88. The first kappa shape index (κ1) is 19.5. The highest BCUT2D eigenvalue weighted by Gasteiger charge is 2.20. The number of benzene rings is 1. The van der Waals surface area contributed by atoms with Crippen LogP contribution in [0.4, 0.5) is 5.69 Å². The summed E-state index contributed by atoms with van der Waals surface area (Å²) in [5.41, 5.74) is 9.57. The van der Waals surface area contributed by atoms with Gasteiger partial charge in [0, 0.05) is 17.1 Å². The number of nitrogens with zero attached hydrogens (tertiary/aromatic N) is 2. The van der Waals surface area contributed by atoms with Crippen molar-refractivity contribution in [2.75, 3.05) is 12.4 Å². The van der Waals surface area contributed by atoms with E-state index in [0.717, 1.165) is 28.3 Å². The molecule has 3 N–H and O–H groups in total. The summed E-state index contributed by atoms with van der Waals surface area (Å²) >= 11 is 0. The highest BCUT2D eigenvalue weighted by Crippen LogP contribution is 2.39. The standard InChI is InChI=1S/C22H22N4O4/c1-11-5-6-14(29-11)9-25-21-15-8-19(28-4)16(20-12(2)26-30-13(20)3)7-18(15)24-10-17(21)22(23)27/h5-8,10H,9H2,1-4H3,(H2,23,27)(H,24,25). The zero-order valence-electron chi connectivity index (χ0n) is 17.2. The molecule has 0 bridgehead atoms. The van der Waals surface area contributed by atoms with Gasteiger partial charge in [0.1, 0.15) is 23.0 Å². The first-order chi connectivity index (χ1) is 14.4. The third kappa shape index (κ3) is 3.36. The van der Waals surface area contributed by atoms with Crippen LogP contribution in [0.1, 0.15) is 33.3 Å². The van der Waals surface area contributed by atoms with Crippen molar-refractivity contribution in [3.8, 4) is 16.9 Å². The topological polar surface area (TPSA) is 116 Å². The van der Waals surface area contributed by atoms with Gasteiger partial charge in [-0.15, -0.1) is 0 Å². The van der Waals surface area contributed by atoms with Crippen LogP contribution >= 0.6 is 0 Å². The number of methoxy groups -OCH3 is 1. The molecule has 4 rings (SSSR count). The largest absolute Gasteiger partial charge is 0.496 e. The molecule has 8 heteroatoms. The number of furan rings is 1. The number of ether oxygens (including phenoxy) is 1. The molecule has 3 heterocycles. The Morgan fingerprint density at radius 3 is 2.63 bits per heavy atom. The number of hydrogen-bond donors (Lipinski definition) is 2. The first-order valence-electron chi connectivity index (χ1n) is 9.42. The second-order valence-corrected chi connectivity index (χ2v) is 7.05. The van der Waals surface area contributed by atoms with Crippen molar-refractivity contribution in [1.29, 1.82) is 0 Å². The fraction of sp³-hybridized carbons (Fsp3) is 0.227. The molecule has 0 radical (unpaired) electrons. The Hall–Kier alpha value is -3.81. The lowest BCUT2D eigenvalue weighted by molar-refractivity contribution is 0.100.